The van der Waals surface area contributed by atoms with Gasteiger partial charge in [-0.05, 0) is 25.8 Å². The Morgan fingerprint density at radius 2 is 2.36 bits per heavy atom. The first-order valence-corrected chi connectivity index (χ1v) is 4.64. The quantitative estimate of drug-likeness (QED) is 0.644. The fraction of sp³-hybridized carbons (Fsp3) is 1.00. The van der Waals surface area contributed by atoms with E-state index in [2.05, 4.69) is 12.2 Å². The van der Waals surface area contributed by atoms with E-state index in [0.29, 0.717) is 6.61 Å². The van der Waals surface area contributed by atoms with Gasteiger partial charge in [-0.3, -0.25) is 0 Å². The Labute approximate surface area is 69.0 Å². The molecule has 1 rings (SSSR count). The zero-order chi connectivity index (χ0) is 8.16. The molecule has 0 bridgehead atoms. The van der Waals surface area contributed by atoms with E-state index >= 15 is 0 Å². The molecule has 1 atom stereocenters. The van der Waals surface area contributed by atoms with Gasteiger partial charge in [0.15, 0.2) is 0 Å². The summed E-state index contributed by atoms with van der Waals surface area (Å²) in [5, 5.41) is 12.6. The van der Waals surface area contributed by atoms with E-state index in [9.17, 15) is 5.11 Å². The van der Waals surface area contributed by atoms with Crippen LogP contribution in [0.15, 0.2) is 0 Å². The van der Waals surface area contributed by atoms with Crippen LogP contribution < -0.4 is 5.32 Å². The molecule has 0 spiro atoms. The van der Waals surface area contributed by atoms with Crippen LogP contribution in [0.2, 0.25) is 0 Å². The topological polar surface area (TPSA) is 32.3 Å². The Bertz CT molecular complexity index is 103. The van der Waals surface area contributed by atoms with Gasteiger partial charge in [-0.15, -0.1) is 0 Å². The van der Waals surface area contributed by atoms with Crippen LogP contribution in [0.25, 0.3) is 0 Å². The molecule has 0 aliphatic carbocycles. The number of aliphatic hydroxyl groups is 1. The van der Waals surface area contributed by atoms with Crippen molar-refractivity contribution in [1.29, 1.82) is 0 Å². The van der Waals surface area contributed by atoms with Crippen LogP contribution in [-0.4, -0.2) is 24.8 Å². The van der Waals surface area contributed by atoms with Crippen LogP contribution in [0.3, 0.4) is 0 Å². The van der Waals surface area contributed by atoms with Crippen molar-refractivity contribution in [3.8, 4) is 0 Å². The minimum absolute atomic E-state index is 0.215. The molecular weight excluding hydrogens is 138 g/mol. The molecule has 2 heteroatoms. The molecule has 0 saturated carbocycles. The zero-order valence-electron chi connectivity index (χ0n) is 7.40. The Morgan fingerprint density at radius 1 is 1.55 bits per heavy atom. The highest BCUT2D eigenvalue weighted by Crippen LogP contribution is 2.30. The van der Waals surface area contributed by atoms with Crippen molar-refractivity contribution in [2.45, 2.75) is 32.6 Å². The standard InChI is InChI=1S/C9H19NO/c1-2-4-9(8-11)5-3-6-10-7-9/h10-11H,2-8H2,1H3/t9-/m0/s1. The SMILES string of the molecule is CCC[C@]1(CO)CCCNC1. The van der Waals surface area contributed by atoms with Gasteiger partial charge in [0.25, 0.3) is 0 Å². The maximum absolute atomic E-state index is 9.23. The molecule has 2 nitrogen and oxygen atoms in total. The predicted molar refractivity (Wildman–Crippen MR) is 46.5 cm³/mol. The molecule has 0 aromatic heterocycles. The molecule has 2 N–H and O–H groups in total. The number of hydrogen-bond donors (Lipinski definition) is 2. The second-order valence-electron chi connectivity index (χ2n) is 3.69. The van der Waals surface area contributed by atoms with Crippen LogP contribution in [-0.2, 0) is 0 Å². The number of piperidine rings is 1. The second-order valence-corrected chi connectivity index (χ2v) is 3.69. The monoisotopic (exact) mass is 157 g/mol. The van der Waals surface area contributed by atoms with E-state index in [1.54, 1.807) is 0 Å². The van der Waals surface area contributed by atoms with Gasteiger partial charge >= 0.3 is 0 Å². The molecule has 0 unspecified atom stereocenters. The van der Waals surface area contributed by atoms with Gasteiger partial charge in [-0.2, -0.15) is 0 Å². The van der Waals surface area contributed by atoms with Crippen molar-refractivity contribution in [2.24, 2.45) is 5.41 Å². The highest BCUT2D eigenvalue weighted by atomic mass is 16.3. The molecule has 1 saturated heterocycles. The molecule has 0 radical (unpaired) electrons. The smallest absolute Gasteiger partial charge is 0.0499 e. The first kappa shape index (κ1) is 9.01. The van der Waals surface area contributed by atoms with Gasteiger partial charge in [0.2, 0.25) is 0 Å². The highest BCUT2D eigenvalue weighted by Gasteiger charge is 2.29. The molecule has 66 valence electrons. The zero-order valence-corrected chi connectivity index (χ0v) is 7.40. The summed E-state index contributed by atoms with van der Waals surface area (Å²) in [6.07, 6.45) is 4.77. The van der Waals surface area contributed by atoms with Crippen molar-refractivity contribution in [3.63, 3.8) is 0 Å². The van der Waals surface area contributed by atoms with Gasteiger partial charge in [0.1, 0.15) is 0 Å². The molecule has 1 fully saturated rings. The minimum atomic E-state index is 0.215. The summed E-state index contributed by atoms with van der Waals surface area (Å²) >= 11 is 0. The van der Waals surface area contributed by atoms with Gasteiger partial charge in [-0.1, -0.05) is 13.3 Å². The Kier molecular flexibility index (Phi) is 3.34. The molecule has 0 aromatic rings. The molecule has 1 heterocycles. The third-order valence-corrected chi connectivity index (χ3v) is 2.68. The van der Waals surface area contributed by atoms with Crippen LogP contribution in [0.5, 0.6) is 0 Å². The molecule has 1 aliphatic rings. The molecule has 11 heavy (non-hydrogen) atoms. The van der Waals surface area contributed by atoms with Crippen molar-refractivity contribution < 1.29 is 5.11 Å². The number of rotatable bonds is 3. The average molecular weight is 157 g/mol. The summed E-state index contributed by atoms with van der Waals surface area (Å²) in [5.41, 5.74) is 0.215. The number of hydrogen-bond acceptors (Lipinski definition) is 2. The highest BCUT2D eigenvalue weighted by molar-refractivity contribution is 4.84. The Balaban J connectivity index is 2.42. The number of nitrogens with one attached hydrogen (secondary N) is 1. The van der Waals surface area contributed by atoms with Gasteiger partial charge in [0.05, 0.1) is 0 Å². The third-order valence-electron chi connectivity index (χ3n) is 2.68. The van der Waals surface area contributed by atoms with E-state index < -0.39 is 0 Å². The van der Waals surface area contributed by atoms with E-state index in [4.69, 9.17) is 0 Å². The van der Waals surface area contributed by atoms with E-state index in [1.165, 1.54) is 19.3 Å². The lowest BCUT2D eigenvalue weighted by molar-refractivity contribution is 0.0851. The predicted octanol–water partition coefficient (Wildman–Crippen LogP) is 1.15. The van der Waals surface area contributed by atoms with Crippen LogP contribution in [0.4, 0.5) is 0 Å². The van der Waals surface area contributed by atoms with Crippen LogP contribution in [0.1, 0.15) is 32.6 Å². The summed E-state index contributed by atoms with van der Waals surface area (Å²) in [5.74, 6) is 0. The minimum Gasteiger partial charge on any atom is -0.396 e. The Morgan fingerprint density at radius 3 is 2.82 bits per heavy atom. The normalized spacial score (nSPS) is 32.2. The van der Waals surface area contributed by atoms with E-state index in [0.717, 1.165) is 19.5 Å². The lowest BCUT2D eigenvalue weighted by Gasteiger charge is -2.35. The van der Waals surface area contributed by atoms with Gasteiger partial charge in [-0.25, -0.2) is 0 Å². The summed E-state index contributed by atoms with van der Waals surface area (Å²) in [4.78, 5) is 0. The summed E-state index contributed by atoms with van der Waals surface area (Å²) in [7, 11) is 0. The molecule has 0 aromatic carbocycles. The maximum atomic E-state index is 9.23. The lowest BCUT2D eigenvalue weighted by atomic mass is 9.78. The largest absolute Gasteiger partial charge is 0.396 e. The summed E-state index contributed by atoms with van der Waals surface area (Å²) in [6, 6.07) is 0. The van der Waals surface area contributed by atoms with Crippen LogP contribution in [0, 0.1) is 5.41 Å². The summed E-state index contributed by atoms with van der Waals surface area (Å²) < 4.78 is 0. The van der Waals surface area contributed by atoms with Crippen molar-refractivity contribution in [1.82, 2.24) is 5.32 Å². The van der Waals surface area contributed by atoms with Crippen molar-refractivity contribution in [3.05, 3.63) is 0 Å². The Hall–Kier alpha value is -0.0800. The molecular formula is C9H19NO. The van der Waals surface area contributed by atoms with Crippen molar-refractivity contribution >= 4 is 0 Å². The van der Waals surface area contributed by atoms with Gasteiger partial charge < -0.3 is 10.4 Å². The molecule has 1 aliphatic heterocycles. The average Bonchev–Trinajstić information content (AvgIpc) is 2.07. The molecule has 0 amide bonds. The van der Waals surface area contributed by atoms with Gasteiger partial charge in [0, 0.05) is 18.6 Å². The second kappa shape index (κ2) is 4.07. The van der Waals surface area contributed by atoms with E-state index in [-0.39, 0.29) is 5.41 Å². The fourth-order valence-electron chi connectivity index (χ4n) is 1.99. The first-order chi connectivity index (χ1) is 5.33. The first-order valence-electron chi connectivity index (χ1n) is 4.64. The lowest BCUT2D eigenvalue weighted by Crippen LogP contribution is -2.42. The van der Waals surface area contributed by atoms with Crippen LogP contribution >= 0.6 is 0 Å². The summed E-state index contributed by atoms with van der Waals surface area (Å²) in [6.45, 7) is 4.68. The van der Waals surface area contributed by atoms with E-state index in [1.807, 2.05) is 0 Å². The third kappa shape index (κ3) is 2.17. The fourth-order valence-corrected chi connectivity index (χ4v) is 1.99. The van der Waals surface area contributed by atoms with Crippen molar-refractivity contribution in [2.75, 3.05) is 19.7 Å². The maximum Gasteiger partial charge on any atom is 0.0499 e. The number of aliphatic hydroxyl groups excluding tert-OH is 1.